The minimum absolute atomic E-state index is 0.753. The quantitative estimate of drug-likeness (QED) is 0.740. The average molecular weight is 258 g/mol. The Morgan fingerprint density at radius 1 is 1.33 bits per heavy atom. The third-order valence-electron chi connectivity index (χ3n) is 1.66. The van der Waals surface area contributed by atoms with E-state index in [1.54, 1.807) is 0 Å². The molecule has 0 radical (unpaired) electrons. The summed E-state index contributed by atoms with van der Waals surface area (Å²) in [6, 6.07) is 7.68. The molecule has 0 saturated carbocycles. The van der Waals surface area contributed by atoms with E-state index < -0.39 is 0 Å². The Balaban J connectivity index is 2.51. The van der Waals surface area contributed by atoms with Gasteiger partial charge in [-0.25, -0.2) is 0 Å². The Kier molecular flexibility index (Phi) is 5.15. The molecule has 0 heterocycles. The van der Waals surface area contributed by atoms with Crippen molar-refractivity contribution in [3.63, 3.8) is 0 Å². The van der Waals surface area contributed by atoms with E-state index in [4.69, 9.17) is 23.8 Å². The summed E-state index contributed by atoms with van der Waals surface area (Å²) in [7, 11) is 3.87. The fraction of sp³-hybridized carbons (Fsp3) is 0.182. The van der Waals surface area contributed by atoms with Crippen LogP contribution in [0.4, 0.5) is 0 Å². The highest BCUT2D eigenvalue weighted by Crippen LogP contribution is 2.14. The smallest absolute Gasteiger partial charge is 0.140 e. The molecule has 0 bridgehead atoms. The van der Waals surface area contributed by atoms with Crippen molar-refractivity contribution in [2.24, 2.45) is 0 Å². The van der Waals surface area contributed by atoms with Crippen molar-refractivity contribution in [2.75, 3.05) is 14.1 Å². The lowest BCUT2D eigenvalue weighted by molar-refractivity contribution is 0.648. The molecule has 0 aliphatic heterocycles. The van der Waals surface area contributed by atoms with E-state index in [0.717, 1.165) is 14.9 Å². The zero-order valence-electron chi connectivity index (χ0n) is 8.61. The van der Waals surface area contributed by atoms with Gasteiger partial charge in [0.05, 0.1) is 0 Å². The summed E-state index contributed by atoms with van der Waals surface area (Å²) in [5, 5.41) is 2.73. The van der Waals surface area contributed by atoms with Crippen molar-refractivity contribution in [3.05, 3.63) is 40.3 Å². The van der Waals surface area contributed by atoms with Gasteiger partial charge in [0.1, 0.15) is 4.32 Å². The first-order valence-electron chi connectivity index (χ1n) is 4.39. The summed E-state index contributed by atoms with van der Waals surface area (Å²) in [5.74, 6) is 0. The van der Waals surface area contributed by atoms with Crippen LogP contribution in [0.3, 0.4) is 0 Å². The molecule has 1 nitrogen and oxygen atoms in total. The number of nitrogens with zero attached hydrogens (tertiary/aromatic N) is 1. The number of thioether (sulfide) groups is 1. The molecule has 0 spiro atoms. The molecule has 0 unspecified atom stereocenters. The van der Waals surface area contributed by atoms with Gasteiger partial charge in [-0.2, -0.15) is 0 Å². The standard InChI is InChI=1S/C11H12ClNS2/c1-13(2)11(14)15-8-7-9-3-5-10(12)6-4-9/h3-8H,1-2H3/b8-7+. The van der Waals surface area contributed by atoms with Crippen LogP contribution in [0.25, 0.3) is 6.08 Å². The number of benzene rings is 1. The normalized spacial score (nSPS) is 10.6. The Hall–Kier alpha value is -0.510. The number of thiocarbonyl (C=S) groups is 1. The molecule has 0 atom stereocenters. The molecule has 0 amide bonds. The van der Waals surface area contributed by atoms with Crippen molar-refractivity contribution in [2.45, 2.75) is 0 Å². The summed E-state index contributed by atoms with van der Waals surface area (Å²) in [4.78, 5) is 1.91. The van der Waals surface area contributed by atoms with Gasteiger partial charge in [0.15, 0.2) is 0 Å². The van der Waals surface area contributed by atoms with Gasteiger partial charge in [0, 0.05) is 19.1 Å². The molecule has 0 aliphatic carbocycles. The number of rotatable bonds is 2. The van der Waals surface area contributed by atoms with Gasteiger partial charge in [-0.1, -0.05) is 47.7 Å². The van der Waals surface area contributed by atoms with Crippen molar-refractivity contribution in [3.8, 4) is 0 Å². The van der Waals surface area contributed by atoms with Crippen LogP contribution in [-0.2, 0) is 0 Å². The second kappa shape index (κ2) is 6.16. The molecule has 15 heavy (non-hydrogen) atoms. The number of hydrogen-bond acceptors (Lipinski definition) is 2. The molecule has 0 saturated heterocycles. The predicted octanol–water partition coefficient (Wildman–Crippen LogP) is 3.89. The summed E-state index contributed by atoms with van der Waals surface area (Å²) in [6.07, 6.45) is 2.01. The third-order valence-corrected chi connectivity index (χ3v) is 3.41. The fourth-order valence-corrected chi connectivity index (χ4v) is 1.70. The summed E-state index contributed by atoms with van der Waals surface area (Å²) in [5.41, 5.74) is 1.12. The predicted molar refractivity (Wildman–Crippen MR) is 74.4 cm³/mol. The van der Waals surface area contributed by atoms with Crippen molar-refractivity contribution in [1.82, 2.24) is 4.90 Å². The van der Waals surface area contributed by atoms with Crippen LogP contribution in [-0.4, -0.2) is 23.3 Å². The third kappa shape index (κ3) is 4.69. The van der Waals surface area contributed by atoms with Gasteiger partial charge in [0.2, 0.25) is 0 Å². The highest BCUT2D eigenvalue weighted by molar-refractivity contribution is 8.24. The zero-order chi connectivity index (χ0) is 11.3. The minimum atomic E-state index is 0.753. The maximum absolute atomic E-state index is 5.78. The van der Waals surface area contributed by atoms with Gasteiger partial charge in [0.25, 0.3) is 0 Å². The van der Waals surface area contributed by atoms with Crippen LogP contribution < -0.4 is 0 Å². The lowest BCUT2D eigenvalue weighted by Gasteiger charge is -2.09. The fourth-order valence-electron chi connectivity index (χ4n) is 0.850. The topological polar surface area (TPSA) is 3.24 Å². The van der Waals surface area contributed by atoms with Crippen molar-refractivity contribution >= 4 is 46.0 Å². The van der Waals surface area contributed by atoms with Crippen LogP contribution in [0.5, 0.6) is 0 Å². The van der Waals surface area contributed by atoms with E-state index in [0.29, 0.717) is 0 Å². The second-order valence-electron chi connectivity index (χ2n) is 3.13. The molecule has 80 valence electrons. The molecule has 4 heteroatoms. The van der Waals surface area contributed by atoms with E-state index in [2.05, 4.69) is 0 Å². The average Bonchev–Trinajstić information content (AvgIpc) is 2.20. The molecule has 0 aliphatic rings. The Bertz CT molecular complexity index is 357. The first-order valence-corrected chi connectivity index (χ1v) is 6.06. The molecule has 0 aromatic heterocycles. The summed E-state index contributed by atoms with van der Waals surface area (Å²) < 4.78 is 0.847. The Labute approximate surface area is 105 Å². The highest BCUT2D eigenvalue weighted by atomic mass is 35.5. The molecule has 0 fully saturated rings. The van der Waals surface area contributed by atoms with E-state index in [1.165, 1.54) is 11.8 Å². The van der Waals surface area contributed by atoms with Crippen molar-refractivity contribution in [1.29, 1.82) is 0 Å². The number of halogens is 1. The van der Waals surface area contributed by atoms with E-state index in [-0.39, 0.29) is 0 Å². The molecule has 1 rings (SSSR count). The van der Waals surface area contributed by atoms with E-state index in [9.17, 15) is 0 Å². The van der Waals surface area contributed by atoms with Crippen LogP contribution in [0, 0.1) is 0 Å². The Morgan fingerprint density at radius 2 is 1.93 bits per heavy atom. The van der Waals surface area contributed by atoms with Crippen LogP contribution in [0.1, 0.15) is 5.56 Å². The number of hydrogen-bond donors (Lipinski definition) is 0. The minimum Gasteiger partial charge on any atom is -0.363 e. The maximum atomic E-state index is 5.78. The molecule has 1 aromatic carbocycles. The Morgan fingerprint density at radius 3 is 2.47 bits per heavy atom. The SMILES string of the molecule is CN(C)C(=S)S/C=C/c1ccc(Cl)cc1. The van der Waals surface area contributed by atoms with Gasteiger partial charge in [-0.3, -0.25) is 0 Å². The molecule has 0 N–H and O–H groups in total. The largest absolute Gasteiger partial charge is 0.363 e. The highest BCUT2D eigenvalue weighted by Gasteiger charge is 1.95. The first-order chi connectivity index (χ1) is 7.09. The van der Waals surface area contributed by atoms with E-state index in [1.807, 2.05) is 54.7 Å². The van der Waals surface area contributed by atoms with E-state index >= 15 is 0 Å². The van der Waals surface area contributed by atoms with Crippen LogP contribution in [0.15, 0.2) is 29.7 Å². The van der Waals surface area contributed by atoms with Gasteiger partial charge < -0.3 is 4.90 Å². The monoisotopic (exact) mass is 257 g/mol. The lowest BCUT2D eigenvalue weighted by atomic mass is 10.2. The van der Waals surface area contributed by atoms with Gasteiger partial charge in [-0.15, -0.1) is 0 Å². The maximum Gasteiger partial charge on any atom is 0.140 e. The molecular formula is C11H12ClNS2. The summed E-state index contributed by atoms with van der Waals surface area (Å²) >= 11 is 12.4. The van der Waals surface area contributed by atoms with Crippen LogP contribution >= 0.6 is 35.6 Å². The zero-order valence-corrected chi connectivity index (χ0v) is 11.0. The lowest BCUT2D eigenvalue weighted by Crippen LogP contribution is -2.14. The van der Waals surface area contributed by atoms with Crippen LogP contribution in [0.2, 0.25) is 5.02 Å². The first kappa shape index (κ1) is 12.6. The second-order valence-corrected chi connectivity index (χ2v) is 5.11. The molecule has 1 aromatic rings. The molecular weight excluding hydrogens is 246 g/mol. The summed E-state index contributed by atoms with van der Waals surface area (Å²) in [6.45, 7) is 0. The van der Waals surface area contributed by atoms with Gasteiger partial charge >= 0.3 is 0 Å². The van der Waals surface area contributed by atoms with Crippen molar-refractivity contribution < 1.29 is 0 Å². The van der Waals surface area contributed by atoms with Gasteiger partial charge in [-0.05, 0) is 29.2 Å².